The first kappa shape index (κ1) is 16.1. The summed E-state index contributed by atoms with van der Waals surface area (Å²) in [6.45, 7) is 0.783. The number of halogens is 1. The van der Waals surface area contributed by atoms with Gasteiger partial charge in [0.05, 0.1) is 0 Å². The Morgan fingerprint density at radius 3 is 2.78 bits per heavy atom. The van der Waals surface area contributed by atoms with E-state index in [2.05, 4.69) is 4.98 Å². The standard InChI is InChI=1S/C18H21FN2OS/c1-21(11-13-7-3-2-4-8-13)18(22)16-12-23-17(20-16)14-9-5-6-10-15(14)19/h5-6,9-10,12-13H,2-4,7-8,11H2,1H3. The van der Waals surface area contributed by atoms with Crippen LogP contribution in [0.2, 0.25) is 0 Å². The topological polar surface area (TPSA) is 33.2 Å². The molecule has 0 radical (unpaired) electrons. The Labute approximate surface area is 140 Å². The zero-order valence-corrected chi connectivity index (χ0v) is 14.1. The Morgan fingerprint density at radius 2 is 2.04 bits per heavy atom. The first-order valence-corrected chi connectivity index (χ1v) is 8.99. The minimum absolute atomic E-state index is 0.0746. The Bertz CT molecular complexity index is 679. The van der Waals surface area contributed by atoms with Crippen LogP contribution < -0.4 is 0 Å². The van der Waals surface area contributed by atoms with Gasteiger partial charge < -0.3 is 4.90 Å². The van der Waals surface area contributed by atoms with Crippen molar-refractivity contribution in [1.29, 1.82) is 0 Å². The number of benzene rings is 1. The Hall–Kier alpha value is -1.75. The molecule has 0 spiro atoms. The lowest BCUT2D eigenvalue weighted by atomic mass is 9.89. The summed E-state index contributed by atoms with van der Waals surface area (Å²) in [5, 5.41) is 2.28. The van der Waals surface area contributed by atoms with Crippen molar-refractivity contribution in [2.45, 2.75) is 32.1 Å². The summed E-state index contributed by atoms with van der Waals surface area (Å²) in [7, 11) is 1.83. The van der Waals surface area contributed by atoms with Crippen molar-refractivity contribution in [3.05, 3.63) is 41.2 Å². The van der Waals surface area contributed by atoms with Gasteiger partial charge in [0.15, 0.2) is 0 Å². The fourth-order valence-corrected chi connectivity index (χ4v) is 3.99. The van der Waals surface area contributed by atoms with Crippen LogP contribution in [-0.4, -0.2) is 29.4 Å². The molecule has 0 atom stereocenters. The van der Waals surface area contributed by atoms with Crippen LogP contribution in [0.25, 0.3) is 10.6 Å². The summed E-state index contributed by atoms with van der Waals surface area (Å²) in [6.07, 6.45) is 6.25. The normalized spacial score (nSPS) is 15.6. The van der Waals surface area contributed by atoms with Gasteiger partial charge in [-0.25, -0.2) is 9.37 Å². The minimum atomic E-state index is -0.309. The van der Waals surface area contributed by atoms with Gasteiger partial charge in [-0.1, -0.05) is 31.4 Å². The first-order valence-electron chi connectivity index (χ1n) is 8.11. The second-order valence-corrected chi connectivity index (χ2v) is 7.07. The molecule has 1 fully saturated rings. The summed E-state index contributed by atoms with van der Waals surface area (Å²) in [4.78, 5) is 18.6. The van der Waals surface area contributed by atoms with Gasteiger partial charge in [-0.3, -0.25) is 4.79 Å². The highest BCUT2D eigenvalue weighted by Crippen LogP contribution is 2.27. The van der Waals surface area contributed by atoms with Crippen molar-refractivity contribution < 1.29 is 9.18 Å². The van der Waals surface area contributed by atoms with E-state index in [1.54, 1.807) is 28.5 Å². The van der Waals surface area contributed by atoms with Crippen molar-refractivity contribution in [3.8, 4) is 10.6 Å². The Balaban J connectivity index is 1.69. The number of amides is 1. The van der Waals surface area contributed by atoms with Gasteiger partial charge in [-0.15, -0.1) is 11.3 Å². The molecule has 5 heteroatoms. The Kier molecular flexibility index (Phi) is 5.06. The van der Waals surface area contributed by atoms with E-state index in [9.17, 15) is 9.18 Å². The number of thiazole rings is 1. The zero-order chi connectivity index (χ0) is 16.2. The number of carbonyl (C=O) groups excluding carboxylic acids is 1. The largest absolute Gasteiger partial charge is 0.340 e. The van der Waals surface area contributed by atoms with Gasteiger partial charge >= 0.3 is 0 Å². The lowest BCUT2D eigenvalue weighted by molar-refractivity contribution is 0.0755. The summed E-state index contributed by atoms with van der Waals surface area (Å²) in [6, 6.07) is 6.52. The molecular weight excluding hydrogens is 311 g/mol. The third kappa shape index (κ3) is 3.78. The third-order valence-electron chi connectivity index (χ3n) is 4.43. The zero-order valence-electron chi connectivity index (χ0n) is 13.3. The molecule has 1 saturated carbocycles. The van der Waals surface area contributed by atoms with Gasteiger partial charge in [0.1, 0.15) is 16.5 Å². The summed E-state index contributed by atoms with van der Waals surface area (Å²) in [5.41, 5.74) is 0.859. The van der Waals surface area contributed by atoms with Crippen LogP contribution in [0.15, 0.2) is 29.6 Å². The maximum absolute atomic E-state index is 13.8. The van der Waals surface area contributed by atoms with Crippen molar-refractivity contribution >= 4 is 17.2 Å². The highest BCUT2D eigenvalue weighted by atomic mass is 32.1. The maximum atomic E-state index is 13.8. The lowest BCUT2D eigenvalue weighted by Gasteiger charge is -2.26. The van der Waals surface area contributed by atoms with Gasteiger partial charge in [0, 0.05) is 24.5 Å². The SMILES string of the molecule is CN(CC1CCCCC1)C(=O)c1csc(-c2ccccc2F)n1. The minimum Gasteiger partial charge on any atom is -0.340 e. The van der Waals surface area contributed by atoms with E-state index in [1.165, 1.54) is 49.5 Å². The average Bonchev–Trinajstić information content (AvgIpc) is 3.05. The lowest BCUT2D eigenvalue weighted by Crippen LogP contribution is -2.32. The molecule has 0 saturated heterocycles. The van der Waals surface area contributed by atoms with Crippen LogP contribution in [0.3, 0.4) is 0 Å². The van der Waals surface area contributed by atoms with Crippen LogP contribution in [0.4, 0.5) is 4.39 Å². The maximum Gasteiger partial charge on any atom is 0.273 e. The van der Waals surface area contributed by atoms with Crippen LogP contribution >= 0.6 is 11.3 Å². The fraction of sp³-hybridized carbons (Fsp3) is 0.444. The third-order valence-corrected chi connectivity index (χ3v) is 5.31. The molecule has 3 nitrogen and oxygen atoms in total. The second kappa shape index (κ2) is 7.21. The van der Waals surface area contributed by atoms with Crippen LogP contribution in [-0.2, 0) is 0 Å². The highest BCUT2D eigenvalue weighted by Gasteiger charge is 2.21. The quantitative estimate of drug-likeness (QED) is 0.820. The van der Waals surface area contributed by atoms with Crippen molar-refractivity contribution in [3.63, 3.8) is 0 Å². The Morgan fingerprint density at radius 1 is 1.30 bits per heavy atom. The van der Waals surface area contributed by atoms with Crippen molar-refractivity contribution in [1.82, 2.24) is 9.88 Å². The van der Waals surface area contributed by atoms with E-state index in [4.69, 9.17) is 0 Å². The number of hydrogen-bond acceptors (Lipinski definition) is 3. The molecule has 1 aliphatic carbocycles. The predicted molar refractivity (Wildman–Crippen MR) is 91.0 cm³/mol. The molecule has 1 aromatic heterocycles. The molecule has 122 valence electrons. The highest BCUT2D eigenvalue weighted by molar-refractivity contribution is 7.13. The summed E-state index contributed by atoms with van der Waals surface area (Å²) < 4.78 is 13.8. The molecule has 1 amide bonds. The van der Waals surface area contributed by atoms with Crippen LogP contribution in [0, 0.1) is 11.7 Å². The number of rotatable bonds is 4. The molecule has 0 N–H and O–H groups in total. The second-order valence-electron chi connectivity index (χ2n) is 6.21. The molecule has 0 unspecified atom stereocenters. The van der Waals surface area contributed by atoms with Gasteiger partial charge in [0.2, 0.25) is 0 Å². The molecule has 2 aromatic rings. The summed E-state index contributed by atoms with van der Waals surface area (Å²) >= 11 is 1.31. The molecular formula is C18H21FN2OS. The summed E-state index contributed by atoms with van der Waals surface area (Å²) in [5.74, 6) is 0.216. The molecule has 0 aliphatic heterocycles. The predicted octanol–water partition coefficient (Wildman–Crippen LogP) is 4.60. The first-order chi connectivity index (χ1) is 11.1. The fourth-order valence-electron chi connectivity index (χ4n) is 3.17. The van der Waals surface area contributed by atoms with Crippen molar-refractivity contribution in [2.75, 3.05) is 13.6 Å². The molecule has 1 heterocycles. The van der Waals surface area contributed by atoms with E-state index >= 15 is 0 Å². The van der Waals surface area contributed by atoms with Crippen LogP contribution in [0.5, 0.6) is 0 Å². The molecule has 3 rings (SSSR count). The number of carbonyl (C=O) groups is 1. The van der Waals surface area contributed by atoms with Gasteiger partial charge in [-0.2, -0.15) is 0 Å². The van der Waals surface area contributed by atoms with E-state index in [0.717, 1.165) is 6.54 Å². The molecule has 0 bridgehead atoms. The van der Waals surface area contributed by atoms with E-state index in [-0.39, 0.29) is 11.7 Å². The average molecular weight is 332 g/mol. The molecule has 23 heavy (non-hydrogen) atoms. The number of aromatic nitrogens is 1. The van der Waals surface area contributed by atoms with E-state index in [1.807, 2.05) is 7.05 Å². The molecule has 1 aromatic carbocycles. The van der Waals surface area contributed by atoms with Gasteiger partial charge in [-0.05, 0) is 30.9 Å². The smallest absolute Gasteiger partial charge is 0.273 e. The van der Waals surface area contributed by atoms with E-state index < -0.39 is 0 Å². The van der Waals surface area contributed by atoms with E-state index in [0.29, 0.717) is 22.2 Å². The van der Waals surface area contributed by atoms with Crippen LogP contribution in [0.1, 0.15) is 42.6 Å². The van der Waals surface area contributed by atoms with Gasteiger partial charge in [0.25, 0.3) is 5.91 Å². The van der Waals surface area contributed by atoms with Crippen molar-refractivity contribution in [2.24, 2.45) is 5.92 Å². The molecule has 1 aliphatic rings. The number of hydrogen-bond donors (Lipinski definition) is 0. The monoisotopic (exact) mass is 332 g/mol. The number of nitrogens with zero attached hydrogens (tertiary/aromatic N) is 2.